The number of furan rings is 1. The zero-order valence-electron chi connectivity index (χ0n) is 17.2. The van der Waals surface area contributed by atoms with Crippen LogP contribution in [0, 0.1) is 0 Å². The molecule has 0 atom stereocenters. The first kappa shape index (κ1) is 22.9. The van der Waals surface area contributed by atoms with Crippen LogP contribution < -0.4 is 10.1 Å². The van der Waals surface area contributed by atoms with Gasteiger partial charge in [-0.3, -0.25) is 9.69 Å². The summed E-state index contributed by atoms with van der Waals surface area (Å²) in [6.45, 7) is 5.57. The van der Waals surface area contributed by atoms with E-state index in [1.54, 1.807) is 12.1 Å². The molecule has 0 aliphatic carbocycles. The van der Waals surface area contributed by atoms with Crippen molar-refractivity contribution in [2.75, 3.05) is 7.11 Å². The van der Waals surface area contributed by atoms with Crippen LogP contribution in [0.2, 0.25) is 5.02 Å². The van der Waals surface area contributed by atoms with Gasteiger partial charge in [-0.1, -0.05) is 11.6 Å². The van der Waals surface area contributed by atoms with Gasteiger partial charge in [-0.2, -0.15) is 0 Å². The summed E-state index contributed by atoms with van der Waals surface area (Å²) >= 11 is 9.78. The molecule has 1 N–H and O–H groups in total. The fourth-order valence-corrected chi connectivity index (χ4v) is 3.72. The van der Waals surface area contributed by atoms with E-state index in [4.69, 9.17) is 20.8 Å². The summed E-state index contributed by atoms with van der Waals surface area (Å²) in [6.07, 6.45) is 1.51. The Bertz CT molecular complexity index is 1060. The molecule has 0 bridgehead atoms. The topological polar surface area (TPSA) is 98.1 Å². The molecule has 0 saturated carbocycles. The minimum atomic E-state index is -0.648. The lowest BCUT2D eigenvalue weighted by atomic mass is 10.1. The van der Waals surface area contributed by atoms with Crippen LogP contribution in [0.15, 0.2) is 38.9 Å². The Morgan fingerprint density at radius 3 is 2.61 bits per heavy atom. The van der Waals surface area contributed by atoms with Gasteiger partial charge < -0.3 is 19.2 Å². The van der Waals surface area contributed by atoms with Crippen molar-refractivity contribution < 1.29 is 28.3 Å². The molecule has 0 unspecified atom stereocenters. The molecule has 2 aromatic rings. The Balaban J connectivity index is 1.80. The molecule has 3 amide bonds. The van der Waals surface area contributed by atoms with E-state index >= 15 is 0 Å². The Morgan fingerprint density at radius 2 is 2.00 bits per heavy atom. The van der Waals surface area contributed by atoms with Gasteiger partial charge in [-0.05, 0) is 72.6 Å². The number of halogens is 2. The largest absolute Gasteiger partial charge is 0.485 e. The van der Waals surface area contributed by atoms with E-state index in [-0.39, 0.29) is 23.8 Å². The fourth-order valence-electron chi connectivity index (χ4n) is 2.78. The highest BCUT2D eigenvalue weighted by molar-refractivity contribution is 9.10. The number of hydrogen-bond acceptors (Lipinski definition) is 6. The highest BCUT2D eigenvalue weighted by Crippen LogP contribution is 2.37. The van der Waals surface area contributed by atoms with Crippen molar-refractivity contribution in [2.45, 2.75) is 32.9 Å². The molecule has 1 aliphatic rings. The van der Waals surface area contributed by atoms with Crippen molar-refractivity contribution in [3.05, 3.63) is 56.5 Å². The molecule has 1 aromatic carbocycles. The number of esters is 1. The van der Waals surface area contributed by atoms with Gasteiger partial charge in [-0.15, -0.1) is 0 Å². The molecular formula is C21H20BrClN2O6. The number of benzene rings is 1. The number of rotatable bonds is 5. The highest BCUT2D eigenvalue weighted by atomic mass is 79.9. The van der Waals surface area contributed by atoms with E-state index in [1.807, 2.05) is 20.8 Å². The maximum Gasteiger partial charge on any atom is 0.373 e. The van der Waals surface area contributed by atoms with Gasteiger partial charge in [0.05, 0.1) is 23.1 Å². The third-order valence-electron chi connectivity index (χ3n) is 4.06. The number of carbonyl (C=O) groups is 3. The number of amides is 3. The fraction of sp³-hybridized carbons (Fsp3) is 0.286. The number of methoxy groups -OCH3 is 1. The van der Waals surface area contributed by atoms with Crippen LogP contribution in [0.25, 0.3) is 6.08 Å². The molecule has 1 aliphatic heterocycles. The van der Waals surface area contributed by atoms with Gasteiger partial charge in [-0.25, -0.2) is 9.59 Å². The number of carbonyl (C=O) groups excluding carboxylic acids is 3. The number of hydrogen-bond donors (Lipinski definition) is 1. The molecular weight excluding hydrogens is 492 g/mol. The van der Waals surface area contributed by atoms with Crippen LogP contribution in [-0.4, -0.2) is 35.5 Å². The second-order valence-corrected chi connectivity index (χ2v) is 8.93. The zero-order chi connectivity index (χ0) is 22.9. The average molecular weight is 512 g/mol. The predicted octanol–water partition coefficient (Wildman–Crippen LogP) is 4.75. The molecule has 164 valence electrons. The predicted molar refractivity (Wildman–Crippen MR) is 117 cm³/mol. The Kier molecular flexibility index (Phi) is 6.47. The third kappa shape index (κ3) is 5.29. The van der Waals surface area contributed by atoms with Gasteiger partial charge in [0.1, 0.15) is 17.1 Å². The summed E-state index contributed by atoms with van der Waals surface area (Å²) < 4.78 is 16.4. The Hall–Kier alpha value is -2.78. The number of nitrogens with one attached hydrogen (secondary N) is 1. The molecule has 8 nitrogen and oxygen atoms in total. The van der Waals surface area contributed by atoms with Crippen molar-refractivity contribution in [1.82, 2.24) is 10.2 Å². The van der Waals surface area contributed by atoms with Crippen molar-refractivity contribution in [2.24, 2.45) is 0 Å². The lowest BCUT2D eigenvalue weighted by Gasteiger charge is -2.23. The molecule has 1 fully saturated rings. The van der Waals surface area contributed by atoms with Crippen LogP contribution in [0.3, 0.4) is 0 Å². The summed E-state index contributed by atoms with van der Waals surface area (Å²) in [5.41, 5.74) is 0.230. The Labute approximate surface area is 192 Å². The highest BCUT2D eigenvalue weighted by Gasteiger charge is 2.34. The molecule has 2 heterocycles. The molecule has 3 rings (SSSR count). The zero-order valence-corrected chi connectivity index (χ0v) is 19.6. The number of urea groups is 1. The molecule has 1 aromatic heterocycles. The quantitative estimate of drug-likeness (QED) is 0.353. The van der Waals surface area contributed by atoms with Gasteiger partial charge in [0, 0.05) is 0 Å². The number of imide groups is 1. The van der Waals surface area contributed by atoms with Crippen LogP contribution in [0.1, 0.15) is 42.6 Å². The van der Waals surface area contributed by atoms with Crippen LogP contribution in [-0.2, 0) is 16.1 Å². The molecule has 1 saturated heterocycles. The maximum atomic E-state index is 12.7. The first-order chi connectivity index (χ1) is 14.5. The van der Waals surface area contributed by atoms with Crippen LogP contribution in [0.4, 0.5) is 4.79 Å². The van der Waals surface area contributed by atoms with Crippen molar-refractivity contribution in [1.29, 1.82) is 0 Å². The standard InChI is InChI=1S/C21H20BrClN2O6/c1-21(2,3)31-17-13(22)7-11(8-14(17)23)9-15-18(26)25(20(28)24-15)10-12-5-6-16(30-12)19(27)29-4/h5-9H,10H2,1-4H3,(H,24,28)/b15-9-. The third-order valence-corrected chi connectivity index (χ3v) is 4.93. The van der Waals surface area contributed by atoms with Gasteiger partial charge >= 0.3 is 12.0 Å². The maximum absolute atomic E-state index is 12.7. The van der Waals surface area contributed by atoms with E-state index in [0.717, 1.165) is 4.90 Å². The van der Waals surface area contributed by atoms with Crippen molar-refractivity contribution in [3.8, 4) is 5.75 Å². The van der Waals surface area contributed by atoms with Crippen LogP contribution in [0.5, 0.6) is 5.75 Å². The minimum absolute atomic E-state index is 0.0163. The normalized spacial score (nSPS) is 15.4. The minimum Gasteiger partial charge on any atom is -0.485 e. The van der Waals surface area contributed by atoms with Gasteiger partial charge in [0.15, 0.2) is 5.75 Å². The van der Waals surface area contributed by atoms with Crippen molar-refractivity contribution >= 4 is 51.5 Å². The lowest BCUT2D eigenvalue weighted by molar-refractivity contribution is -0.123. The van der Waals surface area contributed by atoms with Crippen LogP contribution >= 0.6 is 27.5 Å². The summed E-state index contributed by atoms with van der Waals surface area (Å²) in [5.74, 6) is -0.454. The first-order valence-electron chi connectivity index (χ1n) is 9.18. The molecule has 31 heavy (non-hydrogen) atoms. The summed E-state index contributed by atoms with van der Waals surface area (Å²) in [4.78, 5) is 37.5. The van der Waals surface area contributed by atoms with E-state index in [2.05, 4.69) is 26.0 Å². The first-order valence-corrected chi connectivity index (χ1v) is 10.3. The number of ether oxygens (including phenoxy) is 2. The average Bonchev–Trinajstić information content (AvgIpc) is 3.24. The summed E-state index contributed by atoms with van der Waals surface area (Å²) in [5, 5.41) is 2.89. The van der Waals surface area contributed by atoms with E-state index in [1.165, 1.54) is 25.3 Å². The van der Waals surface area contributed by atoms with Gasteiger partial charge in [0.2, 0.25) is 5.76 Å². The second-order valence-electron chi connectivity index (χ2n) is 7.67. The molecule has 10 heteroatoms. The lowest BCUT2D eigenvalue weighted by Crippen LogP contribution is -2.30. The van der Waals surface area contributed by atoms with Gasteiger partial charge in [0.25, 0.3) is 5.91 Å². The summed E-state index contributed by atoms with van der Waals surface area (Å²) in [7, 11) is 1.23. The van der Waals surface area contributed by atoms with E-state index < -0.39 is 23.5 Å². The molecule has 0 radical (unpaired) electrons. The summed E-state index contributed by atoms with van der Waals surface area (Å²) in [6, 6.07) is 5.68. The smallest absolute Gasteiger partial charge is 0.373 e. The second kappa shape index (κ2) is 8.76. The SMILES string of the molecule is COC(=O)c1ccc(CN2C(=O)N/C(=C\c3cc(Cl)c(OC(C)(C)C)c(Br)c3)C2=O)o1. The molecule has 0 spiro atoms. The monoisotopic (exact) mass is 510 g/mol. The van der Waals surface area contributed by atoms with E-state index in [0.29, 0.717) is 20.8 Å². The Morgan fingerprint density at radius 1 is 1.29 bits per heavy atom. The van der Waals surface area contributed by atoms with E-state index in [9.17, 15) is 14.4 Å². The number of nitrogens with zero attached hydrogens (tertiary/aromatic N) is 1. The van der Waals surface area contributed by atoms with Crippen molar-refractivity contribution in [3.63, 3.8) is 0 Å².